The van der Waals surface area contributed by atoms with Gasteiger partial charge in [-0.05, 0) is 34.2 Å². The second-order valence-corrected chi connectivity index (χ2v) is 4.94. The van der Waals surface area contributed by atoms with Gasteiger partial charge in [0, 0.05) is 12.7 Å². The van der Waals surface area contributed by atoms with Crippen molar-refractivity contribution in [1.29, 1.82) is 0 Å². The highest BCUT2D eigenvalue weighted by atomic mass is 79.9. The van der Waals surface area contributed by atoms with E-state index < -0.39 is 0 Å². The van der Waals surface area contributed by atoms with Gasteiger partial charge in [-0.15, -0.1) is 0 Å². The molecule has 1 aromatic rings. The minimum absolute atomic E-state index is 0.519. The Labute approximate surface area is 81.1 Å². The van der Waals surface area contributed by atoms with Crippen LogP contribution in [0, 0.1) is 5.41 Å². The highest BCUT2D eigenvalue weighted by Gasteiger charge is 2.32. The molecule has 0 radical (unpaired) electrons. The highest BCUT2D eigenvalue weighted by Crippen LogP contribution is 2.41. The average Bonchev–Trinajstić information content (AvgIpc) is 2.32. The lowest BCUT2D eigenvalue weighted by atomic mass is 9.70. The van der Waals surface area contributed by atoms with Gasteiger partial charge in [0.2, 0.25) is 0 Å². The van der Waals surface area contributed by atoms with Gasteiger partial charge in [0.1, 0.15) is 0 Å². The summed E-state index contributed by atoms with van der Waals surface area (Å²) >= 11 is 3.40. The van der Waals surface area contributed by atoms with Crippen molar-refractivity contribution < 1.29 is 0 Å². The zero-order valence-corrected chi connectivity index (χ0v) is 8.84. The van der Waals surface area contributed by atoms with Crippen molar-refractivity contribution in [2.24, 2.45) is 5.41 Å². The second kappa shape index (κ2) is 2.87. The molecule has 1 heterocycles. The van der Waals surface area contributed by atoms with E-state index in [2.05, 4.69) is 28.0 Å². The first-order chi connectivity index (χ1) is 5.68. The van der Waals surface area contributed by atoms with Crippen LogP contribution in [0.2, 0.25) is 0 Å². The van der Waals surface area contributed by atoms with Gasteiger partial charge in [0.05, 0.1) is 10.7 Å². The monoisotopic (exact) mass is 228 g/mol. The van der Waals surface area contributed by atoms with E-state index in [0.717, 1.165) is 11.0 Å². The molecule has 0 aliphatic heterocycles. The zero-order chi connectivity index (χ0) is 8.60. The Bertz CT molecular complexity index is 276. The standard InChI is InChI=1S/C9H13BrN2/c1-9(3-2-4-9)7-12-6-8(10)5-11-12/h5-6H,2-4,7H2,1H3. The summed E-state index contributed by atoms with van der Waals surface area (Å²) in [6.07, 6.45) is 7.99. The van der Waals surface area contributed by atoms with Crippen LogP contribution in [0.3, 0.4) is 0 Å². The Morgan fingerprint density at radius 1 is 1.67 bits per heavy atom. The number of halogens is 1. The van der Waals surface area contributed by atoms with Crippen LogP contribution in [0.15, 0.2) is 16.9 Å². The molecule has 0 atom stereocenters. The summed E-state index contributed by atoms with van der Waals surface area (Å²) in [4.78, 5) is 0. The van der Waals surface area contributed by atoms with E-state index in [4.69, 9.17) is 0 Å². The molecule has 3 heteroatoms. The molecule has 1 fully saturated rings. The maximum Gasteiger partial charge on any atom is 0.0632 e. The van der Waals surface area contributed by atoms with Crippen molar-refractivity contribution in [2.45, 2.75) is 32.7 Å². The number of hydrogen-bond acceptors (Lipinski definition) is 1. The molecule has 0 bridgehead atoms. The molecule has 66 valence electrons. The lowest BCUT2D eigenvalue weighted by Gasteiger charge is -2.38. The molecule has 0 amide bonds. The highest BCUT2D eigenvalue weighted by molar-refractivity contribution is 9.10. The van der Waals surface area contributed by atoms with E-state index in [1.165, 1.54) is 19.3 Å². The predicted octanol–water partition coefficient (Wildman–Crippen LogP) is 2.84. The lowest BCUT2D eigenvalue weighted by Crippen LogP contribution is -2.30. The molecule has 0 aromatic carbocycles. The zero-order valence-electron chi connectivity index (χ0n) is 7.26. The molecule has 1 aliphatic rings. The normalized spacial score (nSPS) is 20.5. The number of aromatic nitrogens is 2. The maximum absolute atomic E-state index is 4.25. The SMILES string of the molecule is CC1(Cn2cc(Br)cn2)CCC1. The van der Waals surface area contributed by atoms with E-state index in [1.54, 1.807) is 0 Å². The van der Waals surface area contributed by atoms with Crippen LogP contribution in [-0.2, 0) is 6.54 Å². The van der Waals surface area contributed by atoms with E-state index in [1.807, 2.05) is 17.1 Å². The first-order valence-electron chi connectivity index (χ1n) is 4.36. The summed E-state index contributed by atoms with van der Waals surface area (Å²) in [6, 6.07) is 0. The van der Waals surface area contributed by atoms with Crippen molar-refractivity contribution in [3.8, 4) is 0 Å². The van der Waals surface area contributed by atoms with Crippen LogP contribution in [0.4, 0.5) is 0 Å². The molecule has 1 saturated carbocycles. The summed E-state index contributed by atoms with van der Waals surface area (Å²) < 4.78 is 3.11. The molecule has 0 spiro atoms. The average molecular weight is 229 g/mol. The topological polar surface area (TPSA) is 17.8 Å². The fourth-order valence-corrected chi connectivity index (χ4v) is 2.08. The van der Waals surface area contributed by atoms with Gasteiger partial charge in [0.15, 0.2) is 0 Å². The fraction of sp³-hybridized carbons (Fsp3) is 0.667. The van der Waals surface area contributed by atoms with E-state index in [-0.39, 0.29) is 0 Å². The molecular formula is C9H13BrN2. The van der Waals surface area contributed by atoms with Crippen LogP contribution < -0.4 is 0 Å². The van der Waals surface area contributed by atoms with E-state index in [0.29, 0.717) is 5.41 Å². The smallest absolute Gasteiger partial charge is 0.0632 e. The van der Waals surface area contributed by atoms with E-state index >= 15 is 0 Å². The third-order valence-corrected chi connectivity index (χ3v) is 3.12. The largest absolute Gasteiger partial charge is 0.271 e. The van der Waals surface area contributed by atoms with Gasteiger partial charge in [-0.25, -0.2) is 0 Å². The molecule has 1 aliphatic carbocycles. The molecular weight excluding hydrogens is 216 g/mol. The number of nitrogens with zero attached hydrogens (tertiary/aromatic N) is 2. The quantitative estimate of drug-likeness (QED) is 0.762. The third kappa shape index (κ3) is 1.56. The van der Waals surface area contributed by atoms with Crippen LogP contribution in [0.5, 0.6) is 0 Å². The molecule has 0 saturated heterocycles. The lowest BCUT2D eigenvalue weighted by molar-refractivity contribution is 0.126. The van der Waals surface area contributed by atoms with E-state index in [9.17, 15) is 0 Å². The van der Waals surface area contributed by atoms with Crippen LogP contribution in [0.25, 0.3) is 0 Å². The van der Waals surface area contributed by atoms with Gasteiger partial charge in [-0.3, -0.25) is 4.68 Å². The van der Waals surface area contributed by atoms with Crippen molar-refractivity contribution >= 4 is 15.9 Å². The summed E-state index contributed by atoms with van der Waals surface area (Å²) in [7, 11) is 0. The van der Waals surface area contributed by atoms with Crippen LogP contribution in [0.1, 0.15) is 26.2 Å². The maximum atomic E-state index is 4.25. The minimum atomic E-state index is 0.519. The Hall–Kier alpha value is -0.310. The van der Waals surface area contributed by atoms with Crippen molar-refractivity contribution in [2.75, 3.05) is 0 Å². The first-order valence-corrected chi connectivity index (χ1v) is 5.15. The second-order valence-electron chi connectivity index (χ2n) is 4.02. The number of hydrogen-bond donors (Lipinski definition) is 0. The summed E-state index contributed by atoms with van der Waals surface area (Å²) in [5.74, 6) is 0. The van der Waals surface area contributed by atoms with Crippen molar-refractivity contribution in [3.05, 3.63) is 16.9 Å². The number of rotatable bonds is 2. The first kappa shape index (κ1) is 8.30. The molecule has 12 heavy (non-hydrogen) atoms. The molecule has 0 unspecified atom stereocenters. The third-order valence-electron chi connectivity index (χ3n) is 2.71. The van der Waals surface area contributed by atoms with Gasteiger partial charge < -0.3 is 0 Å². The predicted molar refractivity (Wildman–Crippen MR) is 51.9 cm³/mol. The van der Waals surface area contributed by atoms with Crippen molar-refractivity contribution in [3.63, 3.8) is 0 Å². The summed E-state index contributed by atoms with van der Waals surface area (Å²) in [5, 5.41) is 4.25. The molecule has 2 nitrogen and oxygen atoms in total. The van der Waals surface area contributed by atoms with Crippen LogP contribution in [-0.4, -0.2) is 9.78 Å². The Morgan fingerprint density at radius 3 is 2.83 bits per heavy atom. The Balaban J connectivity index is 2.03. The van der Waals surface area contributed by atoms with Gasteiger partial charge in [0.25, 0.3) is 0 Å². The van der Waals surface area contributed by atoms with Gasteiger partial charge >= 0.3 is 0 Å². The molecule has 0 N–H and O–H groups in total. The molecule has 1 aromatic heterocycles. The fourth-order valence-electron chi connectivity index (χ4n) is 1.75. The summed E-state index contributed by atoms with van der Waals surface area (Å²) in [5.41, 5.74) is 0.519. The molecule has 2 rings (SSSR count). The van der Waals surface area contributed by atoms with Crippen LogP contribution >= 0.6 is 15.9 Å². The Morgan fingerprint density at radius 2 is 2.42 bits per heavy atom. The summed E-state index contributed by atoms with van der Waals surface area (Å²) in [6.45, 7) is 3.41. The van der Waals surface area contributed by atoms with Crippen molar-refractivity contribution in [1.82, 2.24) is 9.78 Å². The van der Waals surface area contributed by atoms with Gasteiger partial charge in [-0.2, -0.15) is 5.10 Å². The minimum Gasteiger partial charge on any atom is -0.271 e. The Kier molecular flexibility index (Phi) is 1.99. The van der Waals surface area contributed by atoms with Gasteiger partial charge in [-0.1, -0.05) is 13.3 Å².